The van der Waals surface area contributed by atoms with E-state index in [9.17, 15) is 0 Å². The van der Waals surface area contributed by atoms with Gasteiger partial charge >= 0.3 is 0 Å². The zero-order chi connectivity index (χ0) is 6.69. The summed E-state index contributed by atoms with van der Waals surface area (Å²) in [5.74, 6) is 1.54. The average Bonchev–Trinajstić information content (AvgIpc) is 2.34. The lowest BCUT2D eigenvalue weighted by atomic mass is 10.1. The van der Waals surface area contributed by atoms with E-state index in [1.54, 1.807) is 0 Å². The molecule has 50 valence electrons. The maximum absolute atomic E-state index is 3.78. The molecule has 0 nitrogen and oxygen atoms in total. The minimum absolute atomic E-state index is 0.771. The molecule has 0 unspecified atom stereocenters. The van der Waals surface area contributed by atoms with E-state index in [4.69, 9.17) is 0 Å². The molecule has 0 radical (unpaired) electrons. The molecule has 1 rings (SSSR count). The van der Waals surface area contributed by atoms with Crippen molar-refractivity contribution < 1.29 is 0 Å². The van der Waals surface area contributed by atoms with Crippen LogP contribution in [0.25, 0.3) is 0 Å². The maximum Gasteiger partial charge on any atom is -0.0230 e. The van der Waals surface area contributed by atoms with Crippen LogP contribution in [0, 0.1) is 11.8 Å². The van der Waals surface area contributed by atoms with Gasteiger partial charge in [-0.25, -0.2) is 0 Å². The van der Waals surface area contributed by atoms with Gasteiger partial charge in [-0.05, 0) is 31.1 Å². The molecule has 0 N–H and O–H groups in total. The van der Waals surface area contributed by atoms with E-state index in [1.807, 2.05) is 0 Å². The predicted molar refractivity (Wildman–Crippen MR) is 41.2 cm³/mol. The molecular weight excluding hydrogens is 108 g/mol. The number of allylic oxidation sites excluding steroid dienone is 2. The summed E-state index contributed by atoms with van der Waals surface area (Å²) in [5.41, 5.74) is 0. The fourth-order valence-electron chi connectivity index (χ4n) is 1.48. The molecule has 0 bridgehead atoms. The highest BCUT2D eigenvalue weighted by Gasteiger charge is 2.18. The van der Waals surface area contributed by atoms with Crippen LogP contribution < -0.4 is 0 Å². The summed E-state index contributed by atoms with van der Waals surface area (Å²) in [6, 6.07) is 0. The first kappa shape index (κ1) is 6.60. The summed E-state index contributed by atoms with van der Waals surface area (Å²) >= 11 is 0. The second kappa shape index (κ2) is 2.86. The Morgan fingerprint density at radius 1 is 1.00 bits per heavy atom. The first-order valence-electron chi connectivity index (χ1n) is 3.62. The zero-order valence-electron chi connectivity index (χ0n) is 5.84. The van der Waals surface area contributed by atoms with E-state index in [0.717, 1.165) is 11.8 Å². The Morgan fingerprint density at radius 3 is 1.67 bits per heavy atom. The van der Waals surface area contributed by atoms with Crippen molar-refractivity contribution in [2.75, 3.05) is 0 Å². The van der Waals surface area contributed by atoms with Crippen LogP contribution >= 0.6 is 0 Å². The number of hydrogen-bond acceptors (Lipinski definition) is 0. The van der Waals surface area contributed by atoms with Crippen molar-refractivity contribution >= 4 is 0 Å². The zero-order valence-corrected chi connectivity index (χ0v) is 5.84. The second-order valence-corrected chi connectivity index (χ2v) is 2.80. The van der Waals surface area contributed by atoms with Crippen molar-refractivity contribution in [1.29, 1.82) is 0 Å². The van der Waals surface area contributed by atoms with Gasteiger partial charge in [0.2, 0.25) is 0 Å². The minimum atomic E-state index is 0.771. The lowest BCUT2D eigenvalue weighted by Gasteiger charge is -1.99. The summed E-state index contributed by atoms with van der Waals surface area (Å²) in [5, 5.41) is 0. The molecule has 0 heteroatoms. The van der Waals surface area contributed by atoms with Gasteiger partial charge in [0.1, 0.15) is 0 Å². The van der Waals surface area contributed by atoms with E-state index < -0.39 is 0 Å². The summed E-state index contributed by atoms with van der Waals surface area (Å²) in [6.45, 7) is 7.55. The van der Waals surface area contributed by atoms with E-state index in [2.05, 4.69) is 25.3 Å². The smallest absolute Gasteiger partial charge is 0.0230 e. The van der Waals surface area contributed by atoms with Crippen LogP contribution in [0.15, 0.2) is 25.3 Å². The molecule has 0 aromatic heterocycles. The van der Waals surface area contributed by atoms with Crippen molar-refractivity contribution in [2.45, 2.75) is 19.3 Å². The quantitative estimate of drug-likeness (QED) is 0.494. The fourth-order valence-corrected chi connectivity index (χ4v) is 1.48. The molecule has 0 aromatic carbocycles. The van der Waals surface area contributed by atoms with Crippen molar-refractivity contribution in [1.82, 2.24) is 0 Å². The van der Waals surface area contributed by atoms with Gasteiger partial charge < -0.3 is 0 Å². The first-order chi connectivity index (χ1) is 4.36. The Bertz CT molecular complexity index is 99.2. The highest BCUT2D eigenvalue weighted by Crippen LogP contribution is 2.31. The van der Waals surface area contributed by atoms with Crippen LogP contribution in [-0.2, 0) is 0 Å². The number of rotatable bonds is 2. The molecule has 1 aliphatic carbocycles. The monoisotopic (exact) mass is 122 g/mol. The van der Waals surface area contributed by atoms with Gasteiger partial charge in [0.05, 0.1) is 0 Å². The van der Waals surface area contributed by atoms with Crippen LogP contribution in [-0.4, -0.2) is 0 Å². The Kier molecular flexibility index (Phi) is 2.10. The molecule has 1 aliphatic rings. The lowest BCUT2D eigenvalue weighted by Crippen LogP contribution is -1.88. The fraction of sp³-hybridized carbons (Fsp3) is 0.556. The standard InChI is InChI=1S/C9H14/c1-3-8-5-6-9(4-2)7-8/h3-4,8-9H,1-2,5-7H2/t8-,9+. The largest absolute Gasteiger partial charge is 0.103 e. The molecule has 1 saturated carbocycles. The summed E-state index contributed by atoms with van der Waals surface area (Å²) in [6.07, 6.45) is 8.07. The molecule has 0 aliphatic heterocycles. The molecule has 0 heterocycles. The van der Waals surface area contributed by atoms with Gasteiger partial charge in [-0.3, -0.25) is 0 Å². The Hall–Kier alpha value is -0.520. The van der Waals surface area contributed by atoms with E-state index in [0.29, 0.717) is 0 Å². The molecule has 0 saturated heterocycles. The molecule has 0 amide bonds. The maximum atomic E-state index is 3.78. The highest BCUT2D eigenvalue weighted by molar-refractivity contribution is 4.92. The Morgan fingerprint density at radius 2 is 1.44 bits per heavy atom. The molecule has 2 atom stereocenters. The molecule has 0 spiro atoms. The third-order valence-electron chi connectivity index (χ3n) is 2.18. The van der Waals surface area contributed by atoms with Gasteiger partial charge in [-0.15, -0.1) is 13.2 Å². The first-order valence-corrected chi connectivity index (χ1v) is 3.62. The number of hydrogen-bond donors (Lipinski definition) is 0. The van der Waals surface area contributed by atoms with E-state index in [-0.39, 0.29) is 0 Å². The van der Waals surface area contributed by atoms with E-state index in [1.165, 1.54) is 19.3 Å². The molecule has 9 heavy (non-hydrogen) atoms. The average molecular weight is 122 g/mol. The van der Waals surface area contributed by atoms with Gasteiger partial charge in [-0.1, -0.05) is 12.2 Å². The van der Waals surface area contributed by atoms with Gasteiger partial charge in [0.25, 0.3) is 0 Å². The van der Waals surface area contributed by atoms with Gasteiger partial charge in [0, 0.05) is 0 Å². The Labute approximate surface area is 57.3 Å². The summed E-state index contributed by atoms with van der Waals surface area (Å²) in [7, 11) is 0. The van der Waals surface area contributed by atoms with Crippen LogP contribution in [0.3, 0.4) is 0 Å². The molecular formula is C9H14. The normalized spacial score (nSPS) is 34.2. The van der Waals surface area contributed by atoms with Gasteiger partial charge in [0.15, 0.2) is 0 Å². The van der Waals surface area contributed by atoms with Crippen molar-refractivity contribution in [2.24, 2.45) is 11.8 Å². The Balaban J connectivity index is 2.36. The summed E-state index contributed by atoms with van der Waals surface area (Å²) < 4.78 is 0. The van der Waals surface area contributed by atoms with Gasteiger partial charge in [-0.2, -0.15) is 0 Å². The third kappa shape index (κ3) is 1.44. The topological polar surface area (TPSA) is 0 Å². The second-order valence-electron chi connectivity index (χ2n) is 2.80. The predicted octanol–water partition coefficient (Wildman–Crippen LogP) is 2.77. The van der Waals surface area contributed by atoms with Crippen LogP contribution in [0.2, 0.25) is 0 Å². The lowest BCUT2D eigenvalue weighted by molar-refractivity contribution is 0.641. The highest BCUT2D eigenvalue weighted by atomic mass is 14.2. The van der Waals surface area contributed by atoms with Crippen LogP contribution in [0.5, 0.6) is 0 Å². The molecule has 0 aromatic rings. The van der Waals surface area contributed by atoms with Crippen LogP contribution in [0.4, 0.5) is 0 Å². The minimum Gasteiger partial charge on any atom is -0.103 e. The van der Waals surface area contributed by atoms with Crippen LogP contribution in [0.1, 0.15) is 19.3 Å². The molecule has 1 fully saturated rings. The van der Waals surface area contributed by atoms with Crippen molar-refractivity contribution in [3.63, 3.8) is 0 Å². The summed E-state index contributed by atoms with van der Waals surface area (Å²) in [4.78, 5) is 0. The third-order valence-corrected chi connectivity index (χ3v) is 2.18. The van der Waals surface area contributed by atoms with Crippen molar-refractivity contribution in [3.05, 3.63) is 25.3 Å². The SMILES string of the molecule is C=C[C@@H]1CC[C@H](C=C)C1. The van der Waals surface area contributed by atoms with Crippen molar-refractivity contribution in [3.8, 4) is 0 Å². The van der Waals surface area contributed by atoms with E-state index >= 15 is 0 Å².